The van der Waals surface area contributed by atoms with Crippen LogP contribution in [0.15, 0.2) is 0 Å². The van der Waals surface area contributed by atoms with Gasteiger partial charge in [-0.05, 0) is 19.8 Å². The van der Waals surface area contributed by atoms with Crippen molar-refractivity contribution in [3.63, 3.8) is 0 Å². The summed E-state index contributed by atoms with van der Waals surface area (Å²) in [5.41, 5.74) is -0.270. The third-order valence-corrected chi connectivity index (χ3v) is 4.15. The van der Waals surface area contributed by atoms with Crippen LogP contribution >= 0.6 is 7.75 Å². The second-order valence-corrected chi connectivity index (χ2v) is 4.95. The van der Waals surface area contributed by atoms with Gasteiger partial charge < -0.3 is 9.79 Å². The van der Waals surface area contributed by atoms with Crippen LogP contribution in [-0.4, -0.2) is 26.0 Å². The molecule has 0 aromatic heterocycles. The summed E-state index contributed by atoms with van der Waals surface area (Å²) in [7, 11) is -4.00. The SMILES string of the molecule is CCC1N(P(=O)(O)O)C1(C)CC. The molecular weight excluding hydrogens is 177 g/mol. The number of rotatable bonds is 3. The lowest BCUT2D eigenvalue weighted by atomic mass is 10.0. The zero-order valence-corrected chi connectivity index (χ0v) is 8.58. The molecule has 1 rings (SSSR count). The predicted molar refractivity (Wildman–Crippen MR) is 46.7 cm³/mol. The monoisotopic (exact) mass is 193 g/mol. The maximum atomic E-state index is 11.0. The van der Waals surface area contributed by atoms with E-state index in [1.165, 1.54) is 4.67 Å². The van der Waals surface area contributed by atoms with Gasteiger partial charge in [0.1, 0.15) is 0 Å². The van der Waals surface area contributed by atoms with Crippen LogP contribution in [0.3, 0.4) is 0 Å². The molecule has 3 atom stereocenters. The molecule has 72 valence electrons. The van der Waals surface area contributed by atoms with Gasteiger partial charge in [0.15, 0.2) is 0 Å². The minimum atomic E-state index is -4.00. The molecule has 2 N–H and O–H groups in total. The van der Waals surface area contributed by atoms with Gasteiger partial charge in [-0.15, -0.1) is 0 Å². The van der Waals surface area contributed by atoms with Crippen molar-refractivity contribution in [2.75, 3.05) is 0 Å². The Morgan fingerprint density at radius 1 is 1.50 bits per heavy atom. The maximum absolute atomic E-state index is 11.0. The first-order chi connectivity index (χ1) is 5.38. The van der Waals surface area contributed by atoms with Crippen LogP contribution in [0.4, 0.5) is 0 Å². The first-order valence-corrected chi connectivity index (χ1v) is 5.79. The Kier molecular flexibility index (Phi) is 2.39. The van der Waals surface area contributed by atoms with Gasteiger partial charge in [0.25, 0.3) is 0 Å². The zero-order valence-electron chi connectivity index (χ0n) is 7.69. The summed E-state index contributed by atoms with van der Waals surface area (Å²) in [6.45, 7) is 5.81. The van der Waals surface area contributed by atoms with Gasteiger partial charge in [-0.3, -0.25) is 0 Å². The average molecular weight is 193 g/mol. The van der Waals surface area contributed by atoms with E-state index in [2.05, 4.69) is 0 Å². The second kappa shape index (κ2) is 2.81. The van der Waals surface area contributed by atoms with Crippen LogP contribution in [0.2, 0.25) is 0 Å². The first kappa shape index (κ1) is 10.2. The normalized spacial score (nSPS) is 41.4. The molecular formula is C7H16NO3P. The molecule has 1 fully saturated rings. The summed E-state index contributed by atoms with van der Waals surface area (Å²) in [5, 5.41) is 0. The topological polar surface area (TPSA) is 60.5 Å². The van der Waals surface area contributed by atoms with E-state index in [9.17, 15) is 4.57 Å². The molecule has 0 bridgehead atoms. The molecule has 1 saturated heterocycles. The molecule has 3 unspecified atom stereocenters. The summed E-state index contributed by atoms with van der Waals surface area (Å²) < 4.78 is 12.3. The highest BCUT2D eigenvalue weighted by Gasteiger charge is 2.63. The Hall–Kier alpha value is 0.110. The Labute approximate surface area is 72.8 Å². The summed E-state index contributed by atoms with van der Waals surface area (Å²) in [5.74, 6) is 0. The third-order valence-electron chi connectivity index (χ3n) is 2.85. The van der Waals surface area contributed by atoms with Crippen LogP contribution in [0, 0.1) is 0 Å². The Bertz CT molecular complexity index is 227. The summed E-state index contributed by atoms with van der Waals surface area (Å²) >= 11 is 0. The van der Waals surface area contributed by atoms with Gasteiger partial charge in [0.2, 0.25) is 0 Å². The molecule has 0 amide bonds. The number of hydrogen-bond acceptors (Lipinski definition) is 1. The highest BCUT2D eigenvalue weighted by Crippen LogP contribution is 2.62. The molecule has 0 spiro atoms. The maximum Gasteiger partial charge on any atom is 0.403 e. The lowest BCUT2D eigenvalue weighted by Gasteiger charge is -2.09. The van der Waals surface area contributed by atoms with Crippen molar-refractivity contribution in [1.29, 1.82) is 0 Å². The number of hydrogen-bond donors (Lipinski definition) is 2. The largest absolute Gasteiger partial charge is 0.403 e. The van der Waals surface area contributed by atoms with E-state index >= 15 is 0 Å². The molecule has 0 radical (unpaired) electrons. The van der Waals surface area contributed by atoms with E-state index in [-0.39, 0.29) is 11.6 Å². The fourth-order valence-electron chi connectivity index (χ4n) is 1.97. The lowest BCUT2D eigenvalue weighted by molar-refractivity contribution is 0.315. The van der Waals surface area contributed by atoms with E-state index in [0.717, 1.165) is 12.8 Å². The van der Waals surface area contributed by atoms with E-state index in [1.807, 2.05) is 20.8 Å². The van der Waals surface area contributed by atoms with Crippen LogP contribution in [0.25, 0.3) is 0 Å². The van der Waals surface area contributed by atoms with Crippen molar-refractivity contribution in [2.45, 2.75) is 45.2 Å². The molecule has 12 heavy (non-hydrogen) atoms. The van der Waals surface area contributed by atoms with Crippen molar-refractivity contribution in [1.82, 2.24) is 4.67 Å². The van der Waals surface area contributed by atoms with E-state index in [1.54, 1.807) is 0 Å². The summed E-state index contributed by atoms with van der Waals surface area (Å²) in [6.07, 6.45) is 1.59. The molecule has 0 aromatic rings. The van der Waals surface area contributed by atoms with Crippen molar-refractivity contribution in [3.8, 4) is 0 Å². The summed E-state index contributed by atoms with van der Waals surface area (Å²) in [6, 6.07) is 0.0586. The second-order valence-electron chi connectivity index (χ2n) is 3.49. The molecule has 1 heterocycles. The van der Waals surface area contributed by atoms with Gasteiger partial charge in [-0.25, -0.2) is 4.57 Å². The molecule has 0 aliphatic carbocycles. The van der Waals surface area contributed by atoms with Crippen molar-refractivity contribution < 1.29 is 14.4 Å². The highest BCUT2D eigenvalue weighted by molar-refractivity contribution is 7.49. The third kappa shape index (κ3) is 1.33. The minimum absolute atomic E-state index is 0.0586. The highest BCUT2D eigenvalue weighted by atomic mass is 31.2. The molecule has 5 heteroatoms. The van der Waals surface area contributed by atoms with Crippen molar-refractivity contribution in [3.05, 3.63) is 0 Å². The van der Waals surface area contributed by atoms with Crippen LogP contribution in [0.1, 0.15) is 33.6 Å². The van der Waals surface area contributed by atoms with E-state index in [4.69, 9.17) is 9.79 Å². The fourth-order valence-corrected chi connectivity index (χ4v) is 3.57. The van der Waals surface area contributed by atoms with Gasteiger partial charge in [0, 0.05) is 11.6 Å². The quantitative estimate of drug-likeness (QED) is 0.524. The van der Waals surface area contributed by atoms with E-state index < -0.39 is 7.75 Å². The molecule has 0 saturated carbocycles. The Morgan fingerprint density at radius 2 is 2.00 bits per heavy atom. The minimum Gasteiger partial charge on any atom is -0.312 e. The van der Waals surface area contributed by atoms with Gasteiger partial charge >= 0.3 is 7.75 Å². The van der Waals surface area contributed by atoms with Crippen LogP contribution < -0.4 is 0 Å². The first-order valence-electron chi connectivity index (χ1n) is 4.23. The van der Waals surface area contributed by atoms with Gasteiger partial charge in [0.05, 0.1) is 0 Å². The summed E-state index contributed by atoms with van der Waals surface area (Å²) in [4.78, 5) is 17.9. The molecule has 1 aliphatic heterocycles. The van der Waals surface area contributed by atoms with Crippen molar-refractivity contribution in [2.24, 2.45) is 0 Å². The van der Waals surface area contributed by atoms with Crippen LogP contribution in [-0.2, 0) is 4.57 Å². The Balaban J connectivity index is 2.79. The standard InChI is InChI=1S/C7H16NO3P/c1-4-6-7(3,5-2)8(6)12(9,10)11/h6H,4-5H2,1-3H3,(H2,9,10,11). The van der Waals surface area contributed by atoms with Crippen LogP contribution in [0.5, 0.6) is 0 Å². The molecule has 1 aliphatic rings. The number of nitrogens with zero attached hydrogens (tertiary/aromatic N) is 1. The fraction of sp³-hybridized carbons (Fsp3) is 1.00. The smallest absolute Gasteiger partial charge is 0.312 e. The predicted octanol–water partition coefficient (Wildman–Crippen LogP) is 1.34. The van der Waals surface area contributed by atoms with Gasteiger partial charge in [-0.2, -0.15) is 4.67 Å². The lowest BCUT2D eigenvalue weighted by Crippen LogP contribution is -2.10. The molecule has 0 aromatic carbocycles. The molecule has 4 nitrogen and oxygen atoms in total. The van der Waals surface area contributed by atoms with Gasteiger partial charge in [-0.1, -0.05) is 13.8 Å². The van der Waals surface area contributed by atoms with Crippen molar-refractivity contribution >= 4 is 7.75 Å². The van der Waals surface area contributed by atoms with E-state index in [0.29, 0.717) is 0 Å². The Morgan fingerprint density at radius 3 is 2.08 bits per heavy atom. The zero-order chi connectivity index (χ0) is 9.57. The average Bonchev–Trinajstić information content (AvgIpc) is 2.56.